The van der Waals surface area contributed by atoms with Crippen LogP contribution in [0.2, 0.25) is 0 Å². The van der Waals surface area contributed by atoms with E-state index in [-0.39, 0.29) is 17.9 Å². The normalized spacial score (nSPS) is 19.0. The molecule has 1 saturated heterocycles. The molecule has 5 heteroatoms. The molecule has 0 radical (unpaired) electrons. The van der Waals surface area contributed by atoms with Gasteiger partial charge in [-0.2, -0.15) is 0 Å². The van der Waals surface area contributed by atoms with Gasteiger partial charge in [-0.15, -0.1) is 17.9 Å². The van der Waals surface area contributed by atoms with Crippen LogP contribution in [-0.2, 0) is 16.1 Å². The quantitative estimate of drug-likeness (QED) is 0.820. The van der Waals surface area contributed by atoms with Crippen molar-refractivity contribution in [2.24, 2.45) is 0 Å². The van der Waals surface area contributed by atoms with E-state index in [1.807, 2.05) is 17.5 Å². The van der Waals surface area contributed by atoms with Crippen molar-refractivity contribution in [3.63, 3.8) is 0 Å². The Kier molecular flexibility index (Phi) is 4.15. The van der Waals surface area contributed by atoms with Gasteiger partial charge in [0.2, 0.25) is 11.8 Å². The molecule has 4 nitrogen and oxygen atoms in total. The highest BCUT2D eigenvalue weighted by Gasteiger charge is 2.35. The first-order valence-corrected chi connectivity index (χ1v) is 6.81. The molecule has 1 fully saturated rings. The number of hydrogen-bond acceptors (Lipinski definition) is 3. The third-order valence-corrected chi connectivity index (χ3v) is 3.82. The van der Waals surface area contributed by atoms with Crippen molar-refractivity contribution < 1.29 is 9.59 Å². The zero-order valence-electron chi connectivity index (χ0n) is 10.1. The van der Waals surface area contributed by atoms with Crippen molar-refractivity contribution in [2.75, 3.05) is 6.54 Å². The number of nitrogens with zero attached hydrogens (tertiary/aromatic N) is 1. The maximum absolute atomic E-state index is 11.9. The maximum Gasteiger partial charge on any atom is 0.243 e. The van der Waals surface area contributed by atoms with Crippen LogP contribution >= 0.6 is 11.3 Å². The third kappa shape index (κ3) is 2.79. The molecule has 1 atom stereocenters. The van der Waals surface area contributed by atoms with E-state index >= 15 is 0 Å². The molecule has 0 bridgehead atoms. The standard InChI is InChI=1S/C13H16N2O2S/c1-2-7-14-13(17)11-5-6-12(16)15(11)9-10-4-3-8-18-10/h2-4,8,11H,1,5-7,9H2,(H,14,17)/t11-/m1/s1. The molecule has 2 heterocycles. The molecule has 0 spiro atoms. The van der Waals surface area contributed by atoms with Crippen LogP contribution in [0, 0.1) is 0 Å². The lowest BCUT2D eigenvalue weighted by Crippen LogP contribution is -2.44. The Morgan fingerprint density at radius 3 is 3.17 bits per heavy atom. The molecule has 0 unspecified atom stereocenters. The molecule has 18 heavy (non-hydrogen) atoms. The lowest BCUT2D eigenvalue weighted by molar-refractivity contribution is -0.135. The van der Waals surface area contributed by atoms with Gasteiger partial charge in [-0.1, -0.05) is 12.1 Å². The van der Waals surface area contributed by atoms with Crippen molar-refractivity contribution in [1.82, 2.24) is 10.2 Å². The molecule has 2 amide bonds. The van der Waals surface area contributed by atoms with E-state index in [1.54, 1.807) is 22.3 Å². The highest BCUT2D eigenvalue weighted by molar-refractivity contribution is 7.09. The Labute approximate surface area is 110 Å². The second kappa shape index (κ2) is 5.82. The first-order chi connectivity index (χ1) is 8.72. The summed E-state index contributed by atoms with van der Waals surface area (Å²) in [4.78, 5) is 26.5. The van der Waals surface area contributed by atoms with Crippen LogP contribution in [0.25, 0.3) is 0 Å². The first-order valence-electron chi connectivity index (χ1n) is 5.93. The van der Waals surface area contributed by atoms with Gasteiger partial charge in [-0.25, -0.2) is 0 Å². The Morgan fingerprint density at radius 1 is 1.67 bits per heavy atom. The molecular weight excluding hydrogens is 248 g/mol. The summed E-state index contributed by atoms with van der Waals surface area (Å²) in [6, 6.07) is 3.60. The zero-order chi connectivity index (χ0) is 13.0. The molecule has 0 aliphatic carbocycles. The molecule has 1 aliphatic rings. The summed E-state index contributed by atoms with van der Waals surface area (Å²) in [5.41, 5.74) is 0. The van der Waals surface area contributed by atoms with E-state index in [9.17, 15) is 9.59 Å². The Hall–Kier alpha value is -1.62. The highest BCUT2D eigenvalue weighted by atomic mass is 32.1. The molecule has 2 rings (SSSR count). The summed E-state index contributed by atoms with van der Waals surface area (Å²) in [6.07, 6.45) is 2.70. The minimum Gasteiger partial charge on any atom is -0.351 e. The van der Waals surface area contributed by atoms with E-state index < -0.39 is 0 Å². The minimum atomic E-state index is -0.334. The number of likely N-dealkylation sites (tertiary alicyclic amines) is 1. The van der Waals surface area contributed by atoms with Crippen LogP contribution in [0.5, 0.6) is 0 Å². The van der Waals surface area contributed by atoms with Crippen LogP contribution in [0.15, 0.2) is 30.2 Å². The smallest absolute Gasteiger partial charge is 0.243 e. The van der Waals surface area contributed by atoms with Crippen LogP contribution in [0.3, 0.4) is 0 Å². The molecule has 1 N–H and O–H groups in total. The molecule has 96 valence electrons. The monoisotopic (exact) mass is 264 g/mol. The van der Waals surface area contributed by atoms with Crippen molar-refractivity contribution in [3.8, 4) is 0 Å². The Balaban J connectivity index is 2.03. The molecule has 1 aromatic heterocycles. The number of rotatable bonds is 5. The highest BCUT2D eigenvalue weighted by Crippen LogP contribution is 2.23. The predicted molar refractivity (Wildman–Crippen MR) is 71.1 cm³/mol. The summed E-state index contributed by atoms with van der Waals surface area (Å²) < 4.78 is 0. The van der Waals surface area contributed by atoms with E-state index in [1.165, 1.54) is 0 Å². The lowest BCUT2D eigenvalue weighted by Gasteiger charge is -2.23. The van der Waals surface area contributed by atoms with Crippen LogP contribution in [-0.4, -0.2) is 29.3 Å². The summed E-state index contributed by atoms with van der Waals surface area (Å²) in [7, 11) is 0. The van der Waals surface area contributed by atoms with Gasteiger partial charge in [-0.05, 0) is 17.9 Å². The van der Waals surface area contributed by atoms with E-state index in [4.69, 9.17) is 0 Å². The average molecular weight is 264 g/mol. The van der Waals surface area contributed by atoms with Crippen molar-refractivity contribution in [2.45, 2.75) is 25.4 Å². The fraction of sp³-hybridized carbons (Fsp3) is 0.385. The summed E-state index contributed by atoms with van der Waals surface area (Å²) >= 11 is 1.60. The van der Waals surface area contributed by atoms with Crippen molar-refractivity contribution >= 4 is 23.2 Å². The van der Waals surface area contributed by atoms with Gasteiger partial charge in [0, 0.05) is 17.8 Å². The zero-order valence-corrected chi connectivity index (χ0v) is 10.9. The van der Waals surface area contributed by atoms with Gasteiger partial charge in [0.25, 0.3) is 0 Å². The average Bonchev–Trinajstić information content (AvgIpc) is 2.98. The number of carbonyl (C=O) groups excluding carboxylic acids is 2. The molecular formula is C13H16N2O2S. The SMILES string of the molecule is C=CCNC(=O)[C@H]1CCC(=O)N1Cc1cccs1. The largest absolute Gasteiger partial charge is 0.351 e. The van der Waals surface area contributed by atoms with Gasteiger partial charge in [0.15, 0.2) is 0 Å². The van der Waals surface area contributed by atoms with E-state index in [0.717, 1.165) is 4.88 Å². The Morgan fingerprint density at radius 2 is 2.50 bits per heavy atom. The molecule has 0 aromatic carbocycles. The summed E-state index contributed by atoms with van der Waals surface area (Å²) in [6.45, 7) is 4.53. The van der Waals surface area contributed by atoms with Gasteiger partial charge in [0.05, 0.1) is 6.54 Å². The number of hydrogen-bond donors (Lipinski definition) is 1. The second-order valence-corrected chi connectivity index (χ2v) is 5.22. The van der Waals surface area contributed by atoms with E-state index in [2.05, 4.69) is 11.9 Å². The van der Waals surface area contributed by atoms with Gasteiger partial charge < -0.3 is 10.2 Å². The number of nitrogens with one attached hydrogen (secondary N) is 1. The van der Waals surface area contributed by atoms with Crippen LogP contribution < -0.4 is 5.32 Å². The number of amides is 2. The van der Waals surface area contributed by atoms with Gasteiger partial charge >= 0.3 is 0 Å². The van der Waals surface area contributed by atoms with E-state index in [0.29, 0.717) is 25.9 Å². The van der Waals surface area contributed by atoms with Crippen LogP contribution in [0.1, 0.15) is 17.7 Å². The van der Waals surface area contributed by atoms with Crippen molar-refractivity contribution in [3.05, 3.63) is 35.0 Å². The molecule has 1 aliphatic heterocycles. The van der Waals surface area contributed by atoms with Gasteiger partial charge in [-0.3, -0.25) is 9.59 Å². The lowest BCUT2D eigenvalue weighted by atomic mass is 10.2. The predicted octanol–water partition coefficient (Wildman–Crippen LogP) is 1.54. The topological polar surface area (TPSA) is 49.4 Å². The number of carbonyl (C=O) groups is 2. The summed E-state index contributed by atoms with van der Waals surface area (Å²) in [5, 5.41) is 4.73. The fourth-order valence-electron chi connectivity index (χ4n) is 2.07. The Bertz CT molecular complexity index is 442. The van der Waals surface area contributed by atoms with Gasteiger partial charge in [0.1, 0.15) is 6.04 Å². The summed E-state index contributed by atoms with van der Waals surface area (Å²) in [5.74, 6) is -0.0283. The first kappa shape index (κ1) is 12.8. The van der Waals surface area contributed by atoms with Crippen LogP contribution in [0.4, 0.5) is 0 Å². The number of thiophene rings is 1. The molecule has 1 aromatic rings. The minimum absolute atomic E-state index is 0.0575. The molecule has 0 saturated carbocycles. The maximum atomic E-state index is 11.9. The van der Waals surface area contributed by atoms with Crippen molar-refractivity contribution in [1.29, 1.82) is 0 Å². The second-order valence-electron chi connectivity index (χ2n) is 4.19. The third-order valence-electron chi connectivity index (χ3n) is 2.96. The fourth-order valence-corrected chi connectivity index (χ4v) is 2.77.